The molecule has 1 fully saturated rings. The molecule has 1 N–H and O–H groups in total. The number of aromatic nitrogens is 1. The van der Waals surface area contributed by atoms with Gasteiger partial charge >= 0.3 is 0 Å². The Morgan fingerprint density at radius 3 is 2.62 bits per heavy atom. The van der Waals surface area contributed by atoms with Crippen molar-refractivity contribution < 1.29 is 14.3 Å². The molecule has 6 heteroatoms. The molecule has 2 amide bonds. The maximum Gasteiger partial charge on any atom is 0.255 e. The van der Waals surface area contributed by atoms with E-state index >= 15 is 0 Å². The van der Waals surface area contributed by atoms with Gasteiger partial charge in [0.15, 0.2) is 0 Å². The van der Waals surface area contributed by atoms with Gasteiger partial charge in [-0.15, -0.1) is 0 Å². The highest BCUT2D eigenvalue weighted by Gasteiger charge is 2.21. The zero-order valence-corrected chi connectivity index (χ0v) is 16.6. The van der Waals surface area contributed by atoms with Gasteiger partial charge in [0.25, 0.3) is 5.91 Å². The lowest BCUT2D eigenvalue weighted by Gasteiger charge is -2.27. The second kappa shape index (κ2) is 8.39. The van der Waals surface area contributed by atoms with Crippen molar-refractivity contribution >= 4 is 28.4 Å². The molecule has 3 aromatic rings. The molecule has 0 spiro atoms. The zero-order chi connectivity index (χ0) is 20.2. The Kier molecular flexibility index (Phi) is 5.51. The summed E-state index contributed by atoms with van der Waals surface area (Å²) in [4.78, 5) is 27.5. The molecule has 0 radical (unpaired) electrons. The number of piperidine rings is 1. The SMILES string of the molecule is COc1ccc2c(ccn2CC(=O)Nc2ccccc2C(=O)N2CCCCC2)c1. The van der Waals surface area contributed by atoms with Crippen LogP contribution < -0.4 is 10.1 Å². The lowest BCUT2D eigenvalue weighted by atomic mass is 10.1. The summed E-state index contributed by atoms with van der Waals surface area (Å²) in [6.07, 6.45) is 5.12. The van der Waals surface area contributed by atoms with Crippen LogP contribution in [0.4, 0.5) is 5.69 Å². The topological polar surface area (TPSA) is 63.6 Å². The molecule has 0 atom stereocenters. The Hall–Kier alpha value is -3.28. The summed E-state index contributed by atoms with van der Waals surface area (Å²) in [7, 11) is 1.63. The quantitative estimate of drug-likeness (QED) is 0.717. The van der Waals surface area contributed by atoms with E-state index in [1.165, 1.54) is 6.42 Å². The second-order valence-electron chi connectivity index (χ2n) is 7.32. The van der Waals surface area contributed by atoms with E-state index in [1.807, 2.05) is 52.1 Å². The standard InChI is InChI=1S/C23H25N3O3/c1-29-18-9-10-21-17(15-18)11-14-26(21)16-22(27)24-20-8-4-3-7-19(20)23(28)25-12-5-2-6-13-25/h3-4,7-11,14-15H,2,5-6,12-13,16H2,1H3,(H,24,27). The van der Waals surface area contributed by atoms with Gasteiger partial charge in [0, 0.05) is 30.2 Å². The number of benzene rings is 2. The fraction of sp³-hybridized carbons (Fsp3) is 0.304. The average Bonchev–Trinajstić information content (AvgIpc) is 3.16. The summed E-state index contributed by atoms with van der Waals surface area (Å²) in [6, 6.07) is 14.9. The largest absolute Gasteiger partial charge is 0.497 e. The minimum absolute atomic E-state index is 0.0147. The highest BCUT2D eigenvalue weighted by Crippen LogP contribution is 2.23. The van der Waals surface area contributed by atoms with E-state index in [1.54, 1.807) is 19.2 Å². The van der Waals surface area contributed by atoms with Crippen LogP contribution in [-0.2, 0) is 11.3 Å². The van der Waals surface area contributed by atoms with Crippen LogP contribution in [0, 0.1) is 0 Å². The van der Waals surface area contributed by atoms with E-state index in [9.17, 15) is 9.59 Å². The predicted octanol–water partition coefficient (Wildman–Crippen LogP) is 3.91. The Morgan fingerprint density at radius 2 is 1.83 bits per heavy atom. The van der Waals surface area contributed by atoms with Crippen molar-refractivity contribution in [2.45, 2.75) is 25.8 Å². The molecule has 1 saturated heterocycles. The fourth-order valence-electron chi connectivity index (χ4n) is 3.83. The first kappa shape index (κ1) is 19.1. The zero-order valence-electron chi connectivity index (χ0n) is 16.6. The first-order valence-corrected chi connectivity index (χ1v) is 9.97. The van der Waals surface area contributed by atoms with Crippen molar-refractivity contribution in [3.05, 3.63) is 60.3 Å². The van der Waals surface area contributed by atoms with Crippen molar-refractivity contribution in [1.29, 1.82) is 0 Å². The molecule has 6 nitrogen and oxygen atoms in total. The van der Waals surface area contributed by atoms with Crippen molar-refractivity contribution in [2.24, 2.45) is 0 Å². The molecule has 4 rings (SSSR count). The minimum atomic E-state index is -0.169. The lowest BCUT2D eigenvalue weighted by molar-refractivity contribution is -0.116. The van der Waals surface area contributed by atoms with Crippen LogP contribution in [0.2, 0.25) is 0 Å². The average molecular weight is 391 g/mol. The summed E-state index contributed by atoms with van der Waals surface area (Å²) in [5.41, 5.74) is 2.06. The van der Waals surface area contributed by atoms with Gasteiger partial charge in [0.1, 0.15) is 12.3 Å². The van der Waals surface area contributed by atoms with Crippen LogP contribution in [-0.4, -0.2) is 41.5 Å². The summed E-state index contributed by atoms with van der Waals surface area (Å²) in [6.45, 7) is 1.72. The molecule has 29 heavy (non-hydrogen) atoms. The highest BCUT2D eigenvalue weighted by molar-refractivity contribution is 6.04. The summed E-state index contributed by atoms with van der Waals surface area (Å²) in [5.74, 6) is 0.598. The van der Waals surface area contributed by atoms with E-state index in [4.69, 9.17) is 4.74 Å². The Morgan fingerprint density at radius 1 is 1.03 bits per heavy atom. The van der Waals surface area contributed by atoms with Gasteiger partial charge in [-0.25, -0.2) is 0 Å². The number of nitrogens with one attached hydrogen (secondary N) is 1. The number of rotatable bonds is 5. The van der Waals surface area contributed by atoms with Gasteiger partial charge in [-0.2, -0.15) is 0 Å². The maximum atomic E-state index is 12.9. The predicted molar refractivity (Wildman–Crippen MR) is 113 cm³/mol. The fourth-order valence-corrected chi connectivity index (χ4v) is 3.83. The number of carbonyl (C=O) groups is 2. The van der Waals surface area contributed by atoms with Gasteiger partial charge in [-0.1, -0.05) is 12.1 Å². The molecular formula is C23H25N3O3. The van der Waals surface area contributed by atoms with Crippen molar-refractivity contribution in [1.82, 2.24) is 9.47 Å². The monoisotopic (exact) mass is 391 g/mol. The third-order valence-electron chi connectivity index (χ3n) is 5.37. The molecule has 0 saturated carbocycles. The van der Waals surface area contributed by atoms with E-state index in [2.05, 4.69) is 5.32 Å². The Balaban J connectivity index is 1.50. The molecule has 0 aliphatic carbocycles. The molecule has 1 aliphatic rings. The number of amides is 2. The van der Waals surface area contributed by atoms with E-state index in [-0.39, 0.29) is 18.4 Å². The molecule has 150 valence electrons. The smallest absolute Gasteiger partial charge is 0.255 e. The van der Waals surface area contributed by atoms with Crippen LogP contribution in [0.1, 0.15) is 29.6 Å². The number of ether oxygens (including phenoxy) is 1. The van der Waals surface area contributed by atoms with Crippen LogP contribution in [0.25, 0.3) is 10.9 Å². The second-order valence-corrected chi connectivity index (χ2v) is 7.32. The number of methoxy groups -OCH3 is 1. The molecule has 2 heterocycles. The Labute approximate surface area is 170 Å². The van der Waals surface area contributed by atoms with Crippen LogP contribution >= 0.6 is 0 Å². The number of nitrogens with zero attached hydrogens (tertiary/aromatic N) is 2. The van der Waals surface area contributed by atoms with Crippen molar-refractivity contribution in [2.75, 3.05) is 25.5 Å². The van der Waals surface area contributed by atoms with Crippen LogP contribution in [0.5, 0.6) is 5.75 Å². The van der Waals surface area contributed by atoms with E-state index in [0.717, 1.165) is 42.6 Å². The molecular weight excluding hydrogens is 366 g/mol. The summed E-state index contributed by atoms with van der Waals surface area (Å²) < 4.78 is 7.14. The third kappa shape index (κ3) is 4.11. The highest BCUT2D eigenvalue weighted by atomic mass is 16.5. The van der Waals surface area contributed by atoms with Gasteiger partial charge < -0.3 is 19.5 Å². The van der Waals surface area contributed by atoms with Gasteiger partial charge in [0.05, 0.1) is 18.4 Å². The normalized spacial score (nSPS) is 14.0. The van der Waals surface area contributed by atoms with Crippen LogP contribution in [0.15, 0.2) is 54.7 Å². The molecule has 1 aliphatic heterocycles. The lowest BCUT2D eigenvalue weighted by Crippen LogP contribution is -2.36. The molecule has 1 aromatic heterocycles. The van der Waals surface area contributed by atoms with E-state index in [0.29, 0.717) is 11.3 Å². The molecule has 2 aromatic carbocycles. The number of fused-ring (bicyclic) bond motifs is 1. The van der Waals surface area contributed by atoms with Gasteiger partial charge in [-0.3, -0.25) is 9.59 Å². The Bertz CT molecular complexity index is 1030. The third-order valence-corrected chi connectivity index (χ3v) is 5.37. The number of anilines is 1. The summed E-state index contributed by atoms with van der Waals surface area (Å²) >= 11 is 0. The molecule has 0 bridgehead atoms. The van der Waals surface area contributed by atoms with Crippen molar-refractivity contribution in [3.8, 4) is 5.75 Å². The number of para-hydroxylation sites is 1. The molecule has 0 unspecified atom stereocenters. The number of carbonyl (C=O) groups excluding carboxylic acids is 2. The first-order chi connectivity index (χ1) is 14.2. The van der Waals surface area contributed by atoms with Gasteiger partial charge in [-0.05, 0) is 55.7 Å². The van der Waals surface area contributed by atoms with Crippen molar-refractivity contribution in [3.63, 3.8) is 0 Å². The van der Waals surface area contributed by atoms with Gasteiger partial charge in [0.2, 0.25) is 5.91 Å². The summed E-state index contributed by atoms with van der Waals surface area (Å²) in [5, 5.41) is 3.94. The maximum absolute atomic E-state index is 12.9. The first-order valence-electron chi connectivity index (χ1n) is 9.97. The van der Waals surface area contributed by atoms with E-state index < -0.39 is 0 Å². The number of likely N-dealkylation sites (tertiary alicyclic amines) is 1. The number of hydrogen-bond donors (Lipinski definition) is 1. The van der Waals surface area contributed by atoms with Crippen LogP contribution in [0.3, 0.4) is 0 Å². The number of hydrogen-bond acceptors (Lipinski definition) is 3. The minimum Gasteiger partial charge on any atom is -0.497 e.